The van der Waals surface area contributed by atoms with E-state index in [2.05, 4.69) is 9.97 Å². The van der Waals surface area contributed by atoms with Crippen molar-refractivity contribution in [1.29, 1.82) is 0 Å². The fourth-order valence-electron chi connectivity index (χ4n) is 1.06. The Balaban J connectivity index is 3.06. The Morgan fingerprint density at radius 1 is 1.50 bits per heavy atom. The summed E-state index contributed by atoms with van der Waals surface area (Å²) in [6.07, 6.45) is 4.06. The lowest BCUT2D eigenvalue weighted by Gasteiger charge is -2.08. The number of nitrogen functional groups attached to an aromatic ring is 1. The zero-order valence-corrected chi connectivity index (χ0v) is 12.0. The van der Waals surface area contributed by atoms with E-state index in [1.807, 2.05) is 13.0 Å². The molecule has 0 spiro atoms. The molecule has 1 heterocycles. The van der Waals surface area contributed by atoms with Gasteiger partial charge in [0, 0.05) is 4.91 Å². The molecule has 1 rings (SSSR count). The number of thioether (sulfide) groups is 1. The molecule has 8 heteroatoms. The number of anilines is 1. The van der Waals surface area contributed by atoms with E-state index >= 15 is 0 Å². The van der Waals surface area contributed by atoms with Gasteiger partial charge in [-0.15, -0.1) is 0 Å². The smallest absolute Gasteiger partial charge is 0.158 e. The highest BCUT2D eigenvalue weighted by Gasteiger charge is 2.12. The van der Waals surface area contributed by atoms with Crippen LogP contribution in [0.3, 0.4) is 0 Å². The minimum atomic E-state index is 0.0457. The van der Waals surface area contributed by atoms with Gasteiger partial charge in [-0.05, 0) is 6.42 Å². The fourth-order valence-corrected chi connectivity index (χ4v) is 2.31. The first kappa shape index (κ1) is 14.9. The molecule has 6 N–H and O–H groups in total. The molecule has 1 aromatic heterocycles. The van der Waals surface area contributed by atoms with E-state index in [1.54, 1.807) is 0 Å². The number of nitrogens with two attached hydrogens (primary N) is 3. The van der Waals surface area contributed by atoms with Crippen LogP contribution in [-0.2, 0) is 0 Å². The van der Waals surface area contributed by atoms with E-state index in [0.717, 1.165) is 6.42 Å². The molecule has 0 radical (unpaired) electrons. The predicted octanol–water partition coefficient (Wildman–Crippen LogP) is 2.42. The number of hydrogen-bond acceptors (Lipinski definition) is 6. The molecule has 98 valence electrons. The van der Waals surface area contributed by atoms with Crippen LogP contribution in [0.5, 0.6) is 0 Å². The molecule has 0 saturated carbocycles. The largest absolute Gasteiger partial charge is 0.384 e. The van der Waals surface area contributed by atoms with Crippen molar-refractivity contribution in [3.63, 3.8) is 0 Å². The van der Waals surface area contributed by atoms with Crippen LogP contribution < -0.4 is 17.2 Å². The van der Waals surface area contributed by atoms with Crippen molar-refractivity contribution in [1.82, 2.24) is 9.97 Å². The molecule has 0 aliphatic carbocycles. The lowest BCUT2D eigenvalue weighted by atomic mass is 10.4. The zero-order chi connectivity index (χ0) is 13.7. The van der Waals surface area contributed by atoms with Crippen molar-refractivity contribution < 1.29 is 0 Å². The van der Waals surface area contributed by atoms with Crippen molar-refractivity contribution in [2.24, 2.45) is 11.5 Å². The number of halogens is 2. The molecule has 5 nitrogen and oxygen atoms in total. The van der Waals surface area contributed by atoms with Gasteiger partial charge in [0.15, 0.2) is 5.82 Å². The molecule has 1 aromatic rings. The highest BCUT2D eigenvalue weighted by molar-refractivity contribution is 8.03. The van der Waals surface area contributed by atoms with Crippen LogP contribution >= 0.6 is 35.0 Å². The quantitative estimate of drug-likeness (QED) is 0.583. The predicted molar refractivity (Wildman–Crippen MR) is 76.9 cm³/mol. The van der Waals surface area contributed by atoms with Crippen molar-refractivity contribution >= 4 is 40.8 Å². The monoisotopic (exact) mass is 305 g/mol. The summed E-state index contributed by atoms with van der Waals surface area (Å²) in [5.74, 6) is 0.277. The summed E-state index contributed by atoms with van der Waals surface area (Å²) in [5, 5.41) is 1.01. The van der Waals surface area contributed by atoms with E-state index in [-0.39, 0.29) is 21.8 Å². The highest BCUT2D eigenvalue weighted by Crippen LogP contribution is 2.35. The Kier molecular flexibility index (Phi) is 5.58. The normalized spacial score (nSPS) is 11.4. The lowest BCUT2D eigenvalue weighted by Crippen LogP contribution is -2.10. The van der Waals surface area contributed by atoms with Crippen LogP contribution in [0.4, 0.5) is 5.82 Å². The summed E-state index contributed by atoms with van der Waals surface area (Å²) in [4.78, 5) is 8.67. The maximum Gasteiger partial charge on any atom is 0.158 e. The van der Waals surface area contributed by atoms with Crippen molar-refractivity contribution in [2.75, 3.05) is 5.73 Å². The summed E-state index contributed by atoms with van der Waals surface area (Å²) in [5.41, 5.74) is 16.6. The Labute approximate surface area is 119 Å². The van der Waals surface area contributed by atoms with E-state index < -0.39 is 0 Å². The highest BCUT2D eigenvalue weighted by atomic mass is 35.5. The molecule has 0 aliphatic rings. The minimum Gasteiger partial charge on any atom is -0.384 e. The first-order chi connectivity index (χ1) is 8.45. The molecule has 18 heavy (non-hydrogen) atoms. The van der Waals surface area contributed by atoms with E-state index in [4.69, 9.17) is 40.4 Å². The molecule has 0 unspecified atom stereocenters. The Hall–Kier alpha value is -1.11. The van der Waals surface area contributed by atoms with Crippen molar-refractivity contribution in [3.8, 4) is 0 Å². The maximum absolute atomic E-state index is 6.02. The number of rotatable bonds is 4. The Bertz CT molecular complexity index is 497. The van der Waals surface area contributed by atoms with Gasteiger partial charge in [0.2, 0.25) is 0 Å². The molecule has 0 fully saturated rings. The lowest BCUT2D eigenvalue weighted by molar-refractivity contribution is 1.07. The standard InChI is InChI=1S/C10H13Cl2N5S/c1-2-3-5(7(12)8(13)14)18-10-9(15)17-6(11)4-16-10/h3-4H,2,13-14H2,1H3,(H2,15,17)/b5-3+. The SMILES string of the molecule is CC/C=C(/Sc1ncc(Cl)nc1N)C(Cl)=C(N)N. The van der Waals surface area contributed by atoms with Gasteiger partial charge in [0.25, 0.3) is 0 Å². The van der Waals surface area contributed by atoms with Gasteiger partial charge < -0.3 is 17.2 Å². The van der Waals surface area contributed by atoms with Crippen LogP contribution in [0.2, 0.25) is 5.15 Å². The molecule has 0 aliphatic heterocycles. The molecule has 0 saturated heterocycles. The van der Waals surface area contributed by atoms with Crippen molar-refractivity contribution in [2.45, 2.75) is 18.4 Å². The fraction of sp³-hybridized carbons (Fsp3) is 0.200. The second-order valence-electron chi connectivity index (χ2n) is 3.23. The number of allylic oxidation sites excluding steroid dienone is 2. The van der Waals surface area contributed by atoms with Crippen LogP contribution in [0.25, 0.3) is 0 Å². The van der Waals surface area contributed by atoms with Gasteiger partial charge in [0.05, 0.1) is 11.2 Å². The average molecular weight is 306 g/mol. The third-order valence-electron chi connectivity index (χ3n) is 1.80. The molecule has 0 aromatic carbocycles. The van der Waals surface area contributed by atoms with Gasteiger partial charge in [0.1, 0.15) is 16.0 Å². The van der Waals surface area contributed by atoms with E-state index in [0.29, 0.717) is 9.93 Å². The number of hydrogen-bond donors (Lipinski definition) is 3. The molecular formula is C10H13Cl2N5S. The van der Waals surface area contributed by atoms with Crippen LogP contribution in [0, 0.1) is 0 Å². The van der Waals surface area contributed by atoms with Crippen LogP contribution in [-0.4, -0.2) is 9.97 Å². The zero-order valence-electron chi connectivity index (χ0n) is 9.65. The summed E-state index contributed by atoms with van der Waals surface area (Å²) in [7, 11) is 0. The van der Waals surface area contributed by atoms with E-state index in [9.17, 15) is 0 Å². The Morgan fingerprint density at radius 2 is 2.17 bits per heavy atom. The van der Waals surface area contributed by atoms with Gasteiger partial charge in [-0.2, -0.15) is 0 Å². The van der Waals surface area contributed by atoms with Crippen molar-refractivity contribution in [3.05, 3.63) is 33.2 Å². The van der Waals surface area contributed by atoms with Crippen LogP contribution in [0.15, 0.2) is 33.1 Å². The first-order valence-corrected chi connectivity index (χ1v) is 6.60. The summed E-state index contributed by atoms with van der Waals surface area (Å²) in [6, 6.07) is 0. The van der Waals surface area contributed by atoms with Crippen LogP contribution in [0.1, 0.15) is 13.3 Å². The number of aromatic nitrogens is 2. The summed E-state index contributed by atoms with van der Waals surface area (Å²) < 4.78 is 0. The minimum absolute atomic E-state index is 0.0457. The second kappa shape index (κ2) is 6.72. The third-order valence-corrected chi connectivity index (χ3v) is 3.62. The number of nitrogens with zero attached hydrogens (tertiary/aromatic N) is 2. The van der Waals surface area contributed by atoms with Gasteiger partial charge in [-0.25, -0.2) is 9.97 Å². The molecular weight excluding hydrogens is 293 g/mol. The maximum atomic E-state index is 6.02. The second-order valence-corrected chi connectivity index (χ2v) is 5.03. The topological polar surface area (TPSA) is 104 Å². The Morgan fingerprint density at radius 3 is 2.67 bits per heavy atom. The van der Waals surface area contributed by atoms with Gasteiger partial charge in [-0.1, -0.05) is 48.0 Å². The molecule has 0 amide bonds. The first-order valence-electron chi connectivity index (χ1n) is 5.02. The molecule has 0 bridgehead atoms. The third kappa shape index (κ3) is 3.97. The van der Waals surface area contributed by atoms with Gasteiger partial charge in [-0.3, -0.25) is 0 Å². The summed E-state index contributed by atoms with van der Waals surface area (Å²) >= 11 is 12.9. The van der Waals surface area contributed by atoms with Gasteiger partial charge >= 0.3 is 0 Å². The average Bonchev–Trinajstić information content (AvgIpc) is 2.30. The molecule has 0 atom stereocenters. The summed E-state index contributed by atoms with van der Waals surface area (Å²) in [6.45, 7) is 1.97. The van der Waals surface area contributed by atoms with E-state index in [1.165, 1.54) is 18.0 Å².